The van der Waals surface area contributed by atoms with E-state index >= 15 is 0 Å². The third-order valence-electron chi connectivity index (χ3n) is 3.94. The van der Waals surface area contributed by atoms with Gasteiger partial charge in [-0.05, 0) is 43.9 Å². The van der Waals surface area contributed by atoms with Crippen LogP contribution in [-0.4, -0.2) is 25.5 Å². The highest BCUT2D eigenvalue weighted by Crippen LogP contribution is 2.36. The highest BCUT2D eigenvalue weighted by atomic mass is 35.5. The quantitative estimate of drug-likeness (QED) is 0.833. The molecule has 134 valence electrons. The van der Waals surface area contributed by atoms with Gasteiger partial charge in [0.15, 0.2) is 0 Å². The molecule has 0 amide bonds. The Balaban J connectivity index is 2.23. The van der Waals surface area contributed by atoms with Crippen molar-refractivity contribution < 1.29 is 31.5 Å². The van der Waals surface area contributed by atoms with Crippen molar-refractivity contribution in [3.8, 4) is 0 Å². The summed E-state index contributed by atoms with van der Waals surface area (Å²) in [5, 5.41) is 8.79. The number of halogens is 4. The summed E-state index contributed by atoms with van der Waals surface area (Å²) in [6.07, 6.45) is -3.81. The molecule has 24 heavy (non-hydrogen) atoms. The molecular formula is C14H15ClF3NO4S. The van der Waals surface area contributed by atoms with E-state index < -0.39 is 44.6 Å². The molecule has 10 heteroatoms. The van der Waals surface area contributed by atoms with Gasteiger partial charge in [0.1, 0.15) is 0 Å². The average molecular weight is 386 g/mol. The van der Waals surface area contributed by atoms with Crippen molar-refractivity contribution in [3.63, 3.8) is 0 Å². The molecule has 0 aromatic heterocycles. The Bertz CT molecular complexity index is 728. The normalized spacial score (nSPS) is 22.3. The van der Waals surface area contributed by atoms with Gasteiger partial charge in [-0.3, -0.25) is 4.79 Å². The van der Waals surface area contributed by atoms with Crippen LogP contribution in [0, 0.1) is 5.92 Å². The Kier molecular flexibility index (Phi) is 5.46. The van der Waals surface area contributed by atoms with Crippen LogP contribution in [0.2, 0.25) is 5.02 Å². The summed E-state index contributed by atoms with van der Waals surface area (Å²) in [6.45, 7) is 0. The third-order valence-corrected chi connectivity index (χ3v) is 5.73. The first-order valence-corrected chi connectivity index (χ1v) is 8.98. The maximum atomic E-state index is 13.0. The van der Waals surface area contributed by atoms with E-state index in [4.69, 9.17) is 16.7 Å². The Morgan fingerprint density at radius 1 is 1.21 bits per heavy atom. The molecule has 1 aliphatic carbocycles. The molecule has 2 rings (SSSR count). The number of carbonyl (C=O) groups is 1. The van der Waals surface area contributed by atoms with Crippen molar-refractivity contribution in [2.45, 2.75) is 42.8 Å². The van der Waals surface area contributed by atoms with Gasteiger partial charge in [0, 0.05) is 11.1 Å². The molecule has 0 aliphatic heterocycles. The predicted octanol–water partition coefficient (Wildman–Crippen LogP) is 3.28. The maximum Gasteiger partial charge on any atom is 0.417 e. The zero-order valence-corrected chi connectivity index (χ0v) is 13.9. The van der Waals surface area contributed by atoms with Gasteiger partial charge in [-0.2, -0.15) is 13.2 Å². The van der Waals surface area contributed by atoms with Crippen molar-refractivity contribution in [3.05, 3.63) is 28.8 Å². The van der Waals surface area contributed by atoms with Crippen LogP contribution in [0.1, 0.15) is 31.2 Å². The van der Waals surface area contributed by atoms with Crippen LogP contribution >= 0.6 is 11.6 Å². The third kappa shape index (κ3) is 4.40. The molecular weight excluding hydrogens is 371 g/mol. The van der Waals surface area contributed by atoms with Crippen molar-refractivity contribution in [2.75, 3.05) is 0 Å². The highest BCUT2D eigenvalue weighted by Gasteiger charge is 2.38. The first kappa shape index (κ1) is 19.0. The predicted molar refractivity (Wildman–Crippen MR) is 80.2 cm³/mol. The molecule has 0 bridgehead atoms. The molecule has 5 nitrogen and oxygen atoms in total. The SMILES string of the molecule is O=C(O)C1CCC(NS(=O)(=O)c2cc(Cl)ccc2C(F)(F)F)CC1. The summed E-state index contributed by atoms with van der Waals surface area (Å²) in [5.41, 5.74) is -1.29. The van der Waals surface area contributed by atoms with Crippen LogP contribution in [0.5, 0.6) is 0 Å². The largest absolute Gasteiger partial charge is 0.481 e. The molecule has 0 radical (unpaired) electrons. The summed E-state index contributed by atoms with van der Waals surface area (Å²) in [6, 6.07) is 1.75. The number of carboxylic acids is 1. The van der Waals surface area contributed by atoms with Gasteiger partial charge in [0.2, 0.25) is 10.0 Å². The fourth-order valence-electron chi connectivity index (χ4n) is 2.69. The minimum Gasteiger partial charge on any atom is -0.481 e. The Morgan fingerprint density at radius 2 is 1.79 bits per heavy atom. The second kappa shape index (κ2) is 6.89. The molecule has 1 fully saturated rings. The maximum absolute atomic E-state index is 13.0. The smallest absolute Gasteiger partial charge is 0.417 e. The molecule has 0 atom stereocenters. The molecule has 0 heterocycles. The van der Waals surface area contributed by atoms with E-state index in [1.807, 2.05) is 0 Å². The van der Waals surface area contributed by atoms with Crippen LogP contribution in [0.25, 0.3) is 0 Å². The fraction of sp³-hybridized carbons (Fsp3) is 0.500. The number of alkyl halides is 3. The van der Waals surface area contributed by atoms with E-state index in [0.717, 1.165) is 12.1 Å². The van der Waals surface area contributed by atoms with E-state index in [1.54, 1.807) is 0 Å². The lowest BCUT2D eigenvalue weighted by atomic mass is 9.87. The first-order valence-electron chi connectivity index (χ1n) is 7.12. The van der Waals surface area contributed by atoms with E-state index in [0.29, 0.717) is 6.07 Å². The van der Waals surface area contributed by atoms with Crippen LogP contribution in [-0.2, 0) is 21.0 Å². The van der Waals surface area contributed by atoms with Crippen molar-refractivity contribution >= 4 is 27.6 Å². The standard InChI is InChI=1S/C14H15ClF3NO4S/c15-9-3-6-11(14(16,17)18)12(7-9)24(22,23)19-10-4-1-8(2-5-10)13(20)21/h3,6-8,10,19H,1-2,4-5H2,(H,20,21). The lowest BCUT2D eigenvalue weighted by molar-refractivity contribution is -0.143. The Labute approximate surface area is 141 Å². The number of nitrogens with one attached hydrogen (secondary N) is 1. The van der Waals surface area contributed by atoms with Crippen LogP contribution in [0.4, 0.5) is 13.2 Å². The second-order valence-electron chi connectivity index (χ2n) is 5.65. The summed E-state index contributed by atoms with van der Waals surface area (Å²) >= 11 is 5.64. The number of benzene rings is 1. The van der Waals surface area contributed by atoms with E-state index in [9.17, 15) is 26.4 Å². The number of hydrogen-bond acceptors (Lipinski definition) is 3. The molecule has 1 aliphatic rings. The molecule has 0 spiro atoms. The Morgan fingerprint density at radius 3 is 2.29 bits per heavy atom. The van der Waals surface area contributed by atoms with E-state index in [1.165, 1.54) is 0 Å². The molecule has 1 aromatic rings. The summed E-state index contributed by atoms with van der Waals surface area (Å²) < 4.78 is 66.0. The topological polar surface area (TPSA) is 83.5 Å². The zero-order valence-electron chi connectivity index (χ0n) is 12.3. The minimum absolute atomic E-state index is 0.127. The number of hydrogen-bond donors (Lipinski definition) is 2. The van der Waals surface area contributed by atoms with Gasteiger partial charge < -0.3 is 5.11 Å². The minimum atomic E-state index is -4.84. The second-order valence-corrected chi connectivity index (χ2v) is 7.77. The van der Waals surface area contributed by atoms with Gasteiger partial charge in [-0.25, -0.2) is 13.1 Å². The molecule has 1 aromatic carbocycles. The van der Waals surface area contributed by atoms with Crippen molar-refractivity contribution in [1.29, 1.82) is 0 Å². The van der Waals surface area contributed by atoms with E-state index in [2.05, 4.69) is 4.72 Å². The molecule has 0 unspecified atom stereocenters. The lowest BCUT2D eigenvalue weighted by Crippen LogP contribution is -2.39. The van der Waals surface area contributed by atoms with Crippen LogP contribution in [0.3, 0.4) is 0 Å². The van der Waals surface area contributed by atoms with E-state index in [-0.39, 0.29) is 30.7 Å². The summed E-state index contributed by atoms with van der Waals surface area (Å²) in [5.74, 6) is -1.51. The summed E-state index contributed by atoms with van der Waals surface area (Å²) in [4.78, 5) is 9.95. The van der Waals surface area contributed by atoms with Gasteiger partial charge in [-0.1, -0.05) is 11.6 Å². The van der Waals surface area contributed by atoms with Gasteiger partial charge in [-0.15, -0.1) is 0 Å². The summed E-state index contributed by atoms with van der Waals surface area (Å²) in [7, 11) is -4.44. The molecule has 0 saturated heterocycles. The van der Waals surface area contributed by atoms with Crippen molar-refractivity contribution in [2.24, 2.45) is 5.92 Å². The number of sulfonamides is 1. The molecule has 2 N–H and O–H groups in total. The Hall–Kier alpha value is -1.32. The zero-order chi connectivity index (χ0) is 18.1. The number of carboxylic acid groups (broad SMARTS) is 1. The average Bonchev–Trinajstić information content (AvgIpc) is 2.46. The number of rotatable bonds is 4. The van der Waals surface area contributed by atoms with Gasteiger partial charge in [0.25, 0.3) is 0 Å². The first-order chi connectivity index (χ1) is 11.0. The lowest BCUT2D eigenvalue weighted by Gasteiger charge is -2.27. The van der Waals surface area contributed by atoms with Crippen LogP contribution < -0.4 is 4.72 Å². The fourth-order valence-corrected chi connectivity index (χ4v) is 4.49. The van der Waals surface area contributed by atoms with Crippen LogP contribution in [0.15, 0.2) is 23.1 Å². The monoisotopic (exact) mass is 385 g/mol. The molecule has 1 saturated carbocycles. The van der Waals surface area contributed by atoms with Crippen molar-refractivity contribution in [1.82, 2.24) is 4.72 Å². The highest BCUT2D eigenvalue weighted by molar-refractivity contribution is 7.89. The number of aliphatic carboxylic acids is 1. The van der Waals surface area contributed by atoms with Gasteiger partial charge >= 0.3 is 12.1 Å². The van der Waals surface area contributed by atoms with Gasteiger partial charge in [0.05, 0.1) is 16.4 Å².